The third-order valence-electron chi connectivity index (χ3n) is 5.10. The normalized spacial score (nSPS) is 20.1. The van der Waals surface area contributed by atoms with Crippen LogP contribution in [0.3, 0.4) is 0 Å². The summed E-state index contributed by atoms with van der Waals surface area (Å²) in [6.07, 6.45) is 1.96. The predicted molar refractivity (Wildman–Crippen MR) is 111 cm³/mol. The van der Waals surface area contributed by atoms with Gasteiger partial charge in [0.15, 0.2) is 0 Å². The standard InChI is InChI=1S/C22H28N2O2S/c1-15(2)12-13-23-22(26)18-10-11-20(25)24(17-8-6-16(3)7-9-17)21(18)19-5-4-14-27-19/h4-9,14-15,18,21H,10-13H2,1-3H3,(H,23,26). The van der Waals surface area contributed by atoms with Gasteiger partial charge in [-0.05, 0) is 49.3 Å². The Bertz CT molecular complexity index is 768. The fraction of sp³-hybridized carbons (Fsp3) is 0.455. The highest BCUT2D eigenvalue weighted by Gasteiger charge is 2.41. The van der Waals surface area contributed by atoms with Crippen molar-refractivity contribution in [3.05, 3.63) is 52.2 Å². The van der Waals surface area contributed by atoms with Gasteiger partial charge < -0.3 is 10.2 Å². The van der Waals surface area contributed by atoms with Crippen molar-refractivity contribution < 1.29 is 9.59 Å². The molecule has 4 nitrogen and oxygen atoms in total. The van der Waals surface area contributed by atoms with E-state index in [9.17, 15) is 9.59 Å². The summed E-state index contributed by atoms with van der Waals surface area (Å²) in [5, 5.41) is 5.11. The number of benzene rings is 1. The summed E-state index contributed by atoms with van der Waals surface area (Å²) in [5.41, 5.74) is 2.02. The first-order valence-corrected chi connectivity index (χ1v) is 10.5. The molecule has 3 rings (SSSR count). The molecule has 0 bridgehead atoms. The molecule has 2 unspecified atom stereocenters. The van der Waals surface area contributed by atoms with Crippen molar-refractivity contribution in [2.45, 2.75) is 46.1 Å². The molecule has 144 valence electrons. The summed E-state index contributed by atoms with van der Waals surface area (Å²) < 4.78 is 0. The van der Waals surface area contributed by atoms with E-state index in [0.717, 1.165) is 22.5 Å². The maximum absolute atomic E-state index is 13.0. The number of hydrogen-bond donors (Lipinski definition) is 1. The molecule has 0 radical (unpaired) electrons. The number of carbonyl (C=O) groups excluding carboxylic acids is 2. The number of thiophene rings is 1. The van der Waals surface area contributed by atoms with Crippen LogP contribution in [0.15, 0.2) is 41.8 Å². The van der Waals surface area contributed by atoms with Crippen molar-refractivity contribution in [3.8, 4) is 0 Å². The smallest absolute Gasteiger partial charge is 0.227 e. The van der Waals surface area contributed by atoms with E-state index < -0.39 is 0 Å². The van der Waals surface area contributed by atoms with Crippen molar-refractivity contribution in [3.63, 3.8) is 0 Å². The lowest BCUT2D eigenvalue weighted by Gasteiger charge is -2.40. The molecule has 1 saturated heterocycles. The molecule has 1 aliphatic rings. The molecule has 2 atom stereocenters. The Balaban J connectivity index is 1.90. The minimum Gasteiger partial charge on any atom is -0.356 e. The number of hydrogen-bond acceptors (Lipinski definition) is 3. The van der Waals surface area contributed by atoms with Gasteiger partial charge in [-0.25, -0.2) is 0 Å². The molecular weight excluding hydrogens is 356 g/mol. The van der Waals surface area contributed by atoms with Gasteiger partial charge in [0.25, 0.3) is 0 Å². The minimum atomic E-state index is -0.243. The predicted octanol–water partition coefficient (Wildman–Crippen LogP) is 4.70. The van der Waals surface area contributed by atoms with Gasteiger partial charge in [0, 0.05) is 23.5 Å². The Morgan fingerprint density at radius 1 is 1.26 bits per heavy atom. The highest BCUT2D eigenvalue weighted by atomic mass is 32.1. The van der Waals surface area contributed by atoms with Crippen LogP contribution in [0.5, 0.6) is 0 Å². The first-order valence-electron chi connectivity index (χ1n) is 9.67. The second-order valence-corrected chi connectivity index (χ2v) is 8.66. The van der Waals surface area contributed by atoms with Gasteiger partial charge in [0.05, 0.1) is 12.0 Å². The van der Waals surface area contributed by atoms with Gasteiger partial charge in [0.2, 0.25) is 11.8 Å². The highest BCUT2D eigenvalue weighted by molar-refractivity contribution is 7.10. The largest absolute Gasteiger partial charge is 0.356 e. The number of piperidine rings is 1. The molecule has 1 aromatic heterocycles. The van der Waals surface area contributed by atoms with Crippen molar-refractivity contribution >= 4 is 28.8 Å². The Kier molecular flexibility index (Phi) is 6.32. The van der Waals surface area contributed by atoms with Crippen LogP contribution in [0.1, 0.15) is 49.6 Å². The van der Waals surface area contributed by atoms with Crippen molar-refractivity contribution in [2.24, 2.45) is 11.8 Å². The first-order chi connectivity index (χ1) is 13.0. The van der Waals surface area contributed by atoms with Gasteiger partial charge in [-0.15, -0.1) is 11.3 Å². The number of amides is 2. The molecule has 2 aromatic rings. The molecule has 1 N–H and O–H groups in total. The van der Waals surface area contributed by atoms with Gasteiger partial charge >= 0.3 is 0 Å². The Hall–Kier alpha value is -2.14. The van der Waals surface area contributed by atoms with E-state index in [1.807, 2.05) is 53.6 Å². The number of rotatable bonds is 6. The van der Waals surface area contributed by atoms with Crippen molar-refractivity contribution in [1.29, 1.82) is 0 Å². The Morgan fingerprint density at radius 3 is 2.63 bits per heavy atom. The molecule has 1 fully saturated rings. The molecule has 5 heteroatoms. The van der Waals surface area contributed by atoms with Crippen molar-refractivity contribution in [2.75, 3.05) is 11.4 Å². The molecular formula is C22H28N2O2S. The fourth-order valence-corrected chi connectivity index (χ4v) is 4.46. The van der Waals surface area contributed by atoms with E-state index >= 15 is 0 Å². The van der Waals surface area contributed by atoms with Crippen LogP contribution in [-0.4, -0.2) is 18.4 Å². The van der Waals surface area contributed by atoms with E-state index in [0.29, 0.717) is 25.3 Å². The molecule has 2 heterocycles. The van der Waals surface area contributed by atoms with E-state index in [1.54, 1.807) is 11.3 Å². The zero-order valence-electron chi connectivity index (χ0n) is 16.3. The molecule has 1 aromatic carbocycles. The monoisotopic (exact) mass is 384 g/mol. The number of aryl methyl sites for hydroxylation is 1. The second kappa shape index (κ2) is 8.70. The van der Waals surface area contributed by atoms with E-state index in [4.69, 9.17) is 0 Å². The van der Waals surface area contributed by atoms with Gasteiger partial charge in [-0.1, -0.05) is 37.6 Å². The zero-order valence-corrected chi connectivity index (χ0v) is 17.1. The summed E-state index contributed by atoms with van der Waals surface area (Å²) in [7, 11) is 0. The number of anilines is 1. The summed E-state index contributed by atoms with van der Waals surface area (Å²) in [5.74, 6) is 0.465. The third kappa shape index (κ3) is 4.59. The summed E-state index contributed by atoms with van der Waals surface area (Å²) in [6, 6.07) is 11.8. The Labute approximate surface area is 165 Å². The lowest BCUT2D eigenvalue weighted by molar-refractivity contribution is -0.129. The third-order valence-corrected chi connectivity index (χ3v) is 6.04. The quantitative estimate of drug-likeness (QED) is 0.784. The molecule has 0 spiro atoms. The molecule has 27 heavy (non-hydrogen) atoms. The van der Waals surface area contributed by atoms with Crippen LogP contribution in [0, 0.1) is 18.8 Å². The van der Waals surface area contributed by atoms with Crippen LogP contribution >= 0.6 is 11.3 Å². The van der Waals surface area contributed by atoms with E-state index in [-0.39, 0.29) is 23.8 Å². The lowest BCUT2D eigenvalue weighted by atomic mass is 9.86. The Morgan fingerprint density at radius 2 is 2.00 bits per heavy atom. The average Bonchev–Trinajstić information content (AvgIpc) is 3.16. The zero-order chi connectivity index (χ0) is 19.4. The summed E-state index contributed by atoms with van der Waals surface area (Å²) >= 11 is 1.61. The topological polar surface area (TPSA) is 49.4 Å². The number of nitrogens with zero attached hydrogens (tertiary/aromatic N) is 1. The molecule has 2 amide bonds. The van der Waals surface area contributed by atoms with Crippen LogP contribution in [0.2, 0.25) is 0 Å². The highest BCUT2D eigenvalue weighted by Crippen LogP contribution is 2.41. The molecule has 0 saturated carbocycles. The molecule has 0 aliphatic carbocycles. The maximum atomic E-state index is 13.0. The van der Waals surface area contributed by atoms with Crippen LogP contribution in [0.25, 0.3) is 0 Å². The van der Waals surface area contributed by atoms with Gasteiger partial charge in [-0.3, -0.25) is 9.59 Å². The lowest BCUT2D eigenvalue weighted by Crippen LogP contribution is -2.48. The van der Waals surface area contributed by atoms with E-state index in [1.165, 1.54) is 0 Å². The van der Waals surface area contributed by atoms with Crippen LogP contribution in [0.4, 0.5) is 5.69 Å². The second-order valence-electron chi connectivity index (χ2n) is 7.68. The fourth-order valence-electron chi connectivity index (χ4n) is 3.58. The van der Waals surface area contributed by atoms with Crippen molar-refractivity contribution in [1.82, 2.24) is 5.32 Å². The van der Waals surface area contributed by atoms with Gasteiger partial charge in [0.1, 0.15) is 0 Å². The van der Waals surface area contributed by atoms with Crippen LogP contribution in [-0.2, 0) is 9.59 Å². The number of carbonyl (C=O) groups is 2. The first kappa shape index (κ1) is 19.6. The summed E-state index contributed by atoms with van der Waals surface area (Å²) in [6.45, 7) is 7.02. The SMILES string of the molecule is Cc1ccc(N2C(=O)CCC(C(=O)NCCC(C)C)C2c2cccs2)cc1. The van der Waals surface area contributed by atoms with Gasteiger partial charge in [-0.2, -0.15) is 0 Å². The van der Waals surface area contributed by atoms with E-state index in [2.05, 4.69) is 19.2 Å². The minimum absolute atomic E-state index is 0.0543. The maximum Gasteiger partial charge on any atom is 0.227 e. The summed E-state index contributed by atoms with van der Waals surface area (Å²) in [4.78, 5) is 28.7. The number of nitrogens with one attached hydrogen (secondary N) is 1. The molecule has 1 aliphatic heterocycles. The van der Waals surface area contributed by atoms with Crippen LogP contribution < -0.4 is 10.2 Å². The average molecular weight is 385 g/mol.